The summed E-state index contributed by atoms with van der Waals surface area (Å²) in [5.41, 5.74) is 8.62. The van der Waals surface area contributed by atoms with Gasteiger partial charge in [0.25, 0.3) is 0 Å². The molecule has 1 fully saturated rings. The largest absolute Gasteiger partial charge is 0.390 e. The van der Waals surface area contributed by atoms with Crippen molar-refractivity contribution in [2.24, 2.45) is 5.11 Å². The highest BCUT2D eigenvalue weighted by Crippen LogP contribution is 2.20. The van der Waals surface area contributed by atoms with Gasteiger partial charge in [0.2, 0.25) is 5.95 Å². The second kappa shape index (κ2) is 7.04. The number of aliphatic hydroxyl groups is 2. The SMILES string of the molecule is [N-]=[N+]=NCCC(O)C(O)c1cnc(N2CCCC2)nc1. The van der Waals surface area contributed by atoms with Gasteiger partial charge < -0.3 is 15.1 Å². The fourth-order valence-corrected chi connectivity index (χ4v) is 2.18. The fourth-order valence-electron chi connectivity index (χ4n) is 2.18. The Labute approximate surface area is 116 Å². The van der Waals surface area contributed by atoms with E-state index in [-0.39, 0.29) is 13.0 Å². The van der Waals surface area contributed by atoms with Crippen LogP contribution < -0.4 is 4.90 Å². The van der Waals surface area contributed by atoms with Crippen LogP contribution in [-0.2, 0) is 0 Å². The highest BCUT2D eigenvalue weighted by Gasteiger charge is 2.20. The molecule has 0 aromatic carbocycles. The van der Waals surface area contributed by atoms with Crippen molar-refractivity contribution in [3.63, 3.8) is 0 Å². The highest BCUT2D eigenvalue weighted by atomic mass is 16.3. The number of nitrogens with zero attached hydrogens (tertiary/aromatic N) is 6. The molecule has 2 unspecified atom stereocenters. The van der Waals surface area contributed by atoms with E-state index in [0.29, 0.717) is 11.5 Å². The quantitative estimate of drug-likeness (QED) is 0.460. The summed E-state index contributed by atoms with van der Waals surface area (Å²) in [5.74, 6) is 0.655. The standard InChI is InChI=1S/C12H18N6O2/c13-17-16-4-3-10(19)11(20)9-7-14-12(15-8-9)18-5-1-2-6-18/h7-8,10-11,19-20H,1-6H2. The van der Waals surface area contributed by atoms with Crippen LogP contribution in [0.25, 0.3) is 10.4 Å². The first-order valence-electron chi connectivity index (χ1n) is 6.66. The molecule has 0 spiro atoms. The van der Waals surface area contributed by atoms with E-state index in [4.69, 9.17) is 5.53 Å². The van der Waals surface area contributed by atoms with Crippen molar-refractivity contribution in [1.82, 2.24) is 9.97 Å². The van der Waals surface area contributed by atoms with Crippen molar-refractivity contribution in [3.05, 3.63) is 28.4 Å². The Morgan fingerprint density at radius 3 is 2.55 bits per heavy atom. The molecule has 2 rings (SSSR count). The van der Waals surface area contributed by atoms with Gasteiger partial charge in [-0.1, -0.05) is 5.11 Å². The van der Waals surface area contributed by atoms with Crippen LogP contribution >= 0.6 is 0 Å². The van der Waals surface area contributed by atoms with Crippen molar-refractivity contribution in [2.45, 2.75) is 31.5 Å². The van der Waals surface area contributed by atoms with Crippen LogP contribution in [0.3, 0.4) is 0 Å². The lowest BCUT2D eigenvalue weighted by Crippen LogP contribution is -2.22. The summed E-state index contributed by atoms with van der Waals surface area (Å²) < 4.78 is 0. The van der Waals surface area contributed by atoms with Crippen LogP contribution in [0.4, 0.5) is 5.95 Å². The van der Waals surface area contributed by atoms with Crippen molar-refractivity contribution >= 4 is 5.95 Å². The summed E-state index contributed by atoms with van der Waals surface area (Å²) in [6, 6.07) is 0. The van der Waals surface area contributed by atoms with Gasteiger partial charge in [-0.2, -0.15) is 0 Å². The van der Waals surface area contributed by atoms with Crippen molar-refractivity contribution < 1.29 is 10.2 Å². The van der Waals surface area contributed by atoms with E-state index >= 15 is 0 Å². The van der Waals surface area contributed by atoms with E-state index in [1.165, 1.54) is 12.4 Å². The van der Waals surface area contributed by atoms with E-state index in [1.807, 2.05) is 0 Å². The van der Waals surface area contributed by atoms with Crippen molar-refractivity contribution in [1.29, 1.82) is 0 Å². The third-order valence-electron chi connectivity index (χ3n) is 3.34. The summed E-state index contributed by atoms with van der Waals surface area (Å²) >= 11 is 0. The summed E-state index contributed by atoms with van der Waals surface area (Å²) in [7, 11) is 0. The van der Waals surface area contributed by atoms with E-state index in [1.54, 1.807) is 0 Å². The Kier molecular flexibility index (Phi) is 5.11. The Hall–Kier alpha value is -1.89. The fraction of sp³-hybridized carbons (Fsp3) is 0.667. The molecule has 20 heavy (non-hydrogen) atoms. The lowest BCUT2D eigenvalue weighted by molar-refractivity contribution is 0.0146. The van der Waals surface area contributed by atoms with Gasteiger partial charge in [-0.25, -0.2) is 9.97 Å². The molecule has 0 amide bonds. The van der Waals surface area contributed by atoms with E-state index in [0.717, 1.165) is 25.9 Å². The van der Waals surface area contributed by atoms with Gasteiger partial charge in [0.05, 0.1) is 6.10 Å². The first kappa shape index (κ1) is 14.5. The maximum atomic E-state index is 9.97. The summed E-state index contributed by atoms with van der Waals surface area (Å²) in [6.07, 6.45) is 3.47. The number of aromatic nitrogens is 2. The zero-order valence-electron chi connectivity index (χ0n) is 11.1. The molecule has 1 aliphatic rings. The van der Waals surface area contributed by atoms with Crippen molar-refractivity contribution in [3.8, 4) is 0 Å². The van der Waals surface area contributed by atoms with E-state index in [2.05, 4.69) is 24.9 Å². The van der Waals surface area contributed by atoms with Crippen LogP contribution in [-0.4, -0.2) is 45.9 Å². The van der Waals surface area contributed by atoms with Crippen molar-refractivity contribution in [2.75, 3.05) is 24.5 Å². The Morgan fingerprint density at radius 1 is 1.30 bits per heavy atom. The minimum absolute atomic E-state index is 0.140. The maximum absolute atomic E-state index is 9.97. The number of rotatable bonds is 6. The maximum Gasteiger partial charge on any atom is 0.225 e. The van der Waals surface area contributed by atoms with Gasteiger partial charge in [-0.05, 0) is 24.8 Å². The van der Waals surface area contributed by atoms with Crippen LogP contribution in [0.1, 0.15) is 30.9 Å². The number of anilines is 1. The molecule has 108 valence electrons. The molecule has 1 saturated heterocycles. The molecule has 2 heterocycles. The minimum atomic E-state index is -1.07. The minimum Gasteiger partial charge on any atom is -0.390 e. The summed E-state index contributed by atoms with van der Waals surface area (Å²) in [6.45, 7) is 2.05. The normalized spacial score (nSPS) is 17.6. The topological polar surface area (TPSA) is 118 Å². The zero-order valence-corrected chi connectivity index (χ0v) is 11.1. The predicted molar refractivity (Wildman–Crippen MR) is 73.1 cm³/mol. The molecule has 8 heteroatoms. The molecular formula is C12H18N6O2. The summed E-state index contributed by atoms with van der Waals surface area (Å²) in [5, 5.41) is 23.1. The molecular weight excluding hydrogens is 260 g/mol. The van der Waals surface area contributed by atoms with Crippen LogP contribution in [0.2, 0.25) is 0 Å². The summed E-state index contributed by atoms with van der Waals surface area (Å²) in [4.78, 5) is 13.1. The molecule has 8 nitrogen and oxygen atoms in total. The number of aliphatic hydroxyl groups excluding tert-OH is 2. The van der Waals surface area contributed by atoms with Crippen LogP contribution in [0, 0.1) is 0 Å². The van der Waals surface area contributed by atoms with E-state index < -0.39 is 12.2 Å². The number of hydrogen-bond acceptors (Lipinski definition) is 6. The van der Waals surface area contributed by atoms with Gasteiger partial charge in [0, 0.05) is 42.5 Å². The molecule has 0 aliphatic carbocycles. The Bertz CT molecular complexity index is 467. The second-order valence-electron chi connectivity index (χ2n) is 4.77. The lowest BCUT2D eigenvalue weighted by Gasteiger charge is -2.18. The molecule has 2 N–H and O–H groups in total. The van der Waals surface area contributed by atoms with E-state index in [9.17, 15) is 10.2 Å². The highest BCUT2D eigenvalue weighted by molar-refractivity contribution is 5.31. The zero-order chi connectivity index (χ0) is 14.4. The lowest BCUT2D eigenvalue weighted by atomic mass is 10.1. The average molecular weight is 278 g/mol. The van der Waals surface area contributed by atoms with Gasteiger partial charge >= 0.3 is 0 Å². The second-order valence-corrected chi connectivity index (χ2v) is 4.77. The van der Waals surface area contributed by atoms with Crippen LogP contribution in [0.15, 0.2) is 17.5 Å². The molecule has 1 aromatic heterocycles. The average Bonchev–Trinajstić information content (AvgIpc) is 3.01. The molecule has 1 aliphatic heterocycles. The van der Waals surface area contributed by atoms with Crippen LogP contribution in [0.5, 0.6) is 0 Å². The molecule has 0 saturated carbocycles. The molecule has 2 atom stereocenters. The Balaban J connectivity index is 1.95. The smallest absolute Gasteiger partial charge is 0.225 e. The third kappa shape index (κ3) is 3.57. The van der Waals surface area contributed by atoms with Gasteiger partial charge in [-0.3, -0.25) is 0 Å². The molecule has 1 aromatic rings. The van der Waals surface area contributed by atoms with Gasteiger partial charge in [0.1, 0.15) is 6.10 Å². The van der Waals surface area contributed by atoms with Gasteiger partial charge in [0.15, 0.2) is 0 Å². The first-order valence-corrected chi connectivity index (χ1v) is 6.66. The van der Waals surface area contributed by atoms with Gasteiger partial charge in [-0.15, -0.1) is 0 Å². The predicted octanol–water partition coefficient (Wildman–Crippen LogP) is 1.17. The molecule has 0 radical (unpaired) electrons. The Morgan fingerprint density at radius 2 is 1.95 bits per heavy atom. The number of hydrogen-bond donors (Lipinski definition) is 2. The number of azide groups is 1. The molecule has 0 bridgehead atoms. The first-order chi connectivity index (χ1) is 9.72. The monoisotopic (exact) mass is 278 g/mol. The third-order valence-corrected chi connectivity index (χ3v) is 3.34.